The van der Waals surface area contributed by atoms with Crippen LogP contribution in [0.15, 0.2) is 23.3 Å². The highest BCUT2D eigenvalue weighted by atomic mass is 19.4. The number of carbonyl (C=O) groups is 4. The molecule has 1 aromatic rings. The smallest absolute Gasteiger partial charge is 0.407 e. The molecule has 2 heterocycles. The molecule has 0 N–H and O–H groups in total. The lowest BCUT2D eigenvalue weighted by atomic mass is 9.91. The number of fused-ring (bicyclic) bond motifs is 1. The Morgan fingerprint density at radius 1 is 1.30 bits per heavy atom. The zero-order valence-corrected chi connectivity index (χ0v) is 15.6. The summed E-state index contributed by atoms with van der Waals surface area (Å²) in [5.74, 6) is -4.65. The number of rotatable bonds is 3. The van der Waals surface area contributed by atoms with Gasteiger partial charge in [0.1, 0.15) is 11.3 Å². The Bertz CT molecular complexity index is 1060. The van der Waals surface area contributed by atoms with E-state index in [2.05, 4.69) is 9.95 Å². The van der Waals surface area contributed by atoms with E-state index in [1.165, 1.54) is 13.8 Å². The highest BCUT2D eigenvalue weighted by Crippen LogP contribution is 2.41. The van der Waals surface area contributed by atoms with Crippen molar-refractivity contribution in [3.05, 3.63) is 35.2 Å². The summed E-state index contributed by atoms with van der Waals surface area (Å²) in [6.45, 7) is 9.66. The lowest BCUT2D eigenvalue weighted by molar-refractivity contribution is -0.157. The molecule has 30 heavy (non-hydrogen) atoms. The number of piperazine rings is 1. The maximum Gasteiger partial charge on any atom is 0.407 e. The van der Waals surface area contributed by atoms with E-state index in [4.69, 9.17) is 11.3 Å². The number of hydrogen-bond acceptors (Lipinski definition) is 6. The van der Waals surface area contributed by atoms with E-state index < -0.39 is 52.3 Å². The van der Waals surface area contributed by atoms with Crippen LogP contribution in [-0.2, 0) is 30.1 Å². The summed E-state index contributed by atoms with van der Waals surface area (Å²) in [6.07, 6.45) is -5.31. The van der Waals surface area contributed by atoms with E-state index in [0.29, 0.717) is 16.0 Å². The van der Waals surface area contributed by atoms with Crippen molar-refractivity contribution in [2.45, 2.75) is 32.0 Å². The lowest BCUT2D eigenvalue weighted by Gasteiger charge is -2.39. The average molecular weight is 422 g/mol. The highest BCUT2D eigenvalue weighted by Gasteiger charge is 2.59. The largest absolute Gasteiger partial charge is 0.461 e. The van der Waals surface area contributed by atoms with Crippen LogP contribution < -0.4 is 4.90 Å². The van der Waals surface area contributed by atoms with Crippen molar-refractivity contribution in [3.8, 4) is 0 Å². The first-order valence-electron chi connectivity index (χ1n) is 8.52. The topological polar surface area (TPSA) is 101 Å². The number of alkyl halides is 3. The van der Waals surface area contributed by atoms with Gasteiger partial charge in [-0.05, 0) is 26.0 Å². The van der Waals surface area contributed by atoms with Crippen LogP contribution in [0.1, 0.15) is 25.8 Å². The van der Waals surface area contributed by atoms with Gasteiger partial charge in [-0.2, -0.15) is 18.3 Å². The van der Waals surface area contributed by atoms with Crippen LogP contribution >= 0.6 is 0 Å². The number of anilines is 1. The molecule has 1 aromatic carbocycles. The van der Waals surface area contributed by atoms with E-state index >= 15 is 0 Å². The molecule has 0 saturated carbocycles. The quantitative estimate of drug-likeness (QED) is 0.321. The maximum atomic E-state index is 13.3. The van der Waals surface area contributed by atoms with Gasteiger partial charge < -0.3 is 4.74 Å². The minimum absolute atomic E-state index is 0.00906. The summed E-state index contributed by atoms with van der Waals surface area (Å²) in [4.78, 5) is 53.2. The van der Waals surface area contributed by atoms with Gasteiger partial charge in [0.05, 0.1) is 24.4 Å². The first-order valence-corrected chi connectivity index (χ1v) is 8.52. The standard InChI is InChI=1S/C18H13F3N4O5/c1-4-30-15(28)12-8-17(2)16(29)24(13(26)14(27)25(17)23-12)9-5-6-11(22-3)10(7-9)18(19,20)21/h5-7H,4,8H2,1-2H3. The van der Waals surface area contributed by atoms with Gasteiger partial charge in [0, 0.05) is 6.42 Å². The second kappa shape index (κ2) is 6.94. The molecule has 156 valence electrons. The van der Waals surface area contributed by atoms with Crippen molar-refractivity contribution in [3.63, 3.8) is 0 Å². The molecule has 0 bridgehead atoms. The third-order valence-electron chi connectivity index (χ3n) is 4.62. The molecule has 3 amide bonds. The van der Waals surface area contributed by atoms with Gasteiger partial charge in [-0.15, -0.1) is 0 Å². The molecule has 1 unspecified atom stereocenters. The van der Waals surface area contributed by atoms with Gasteiger partial charge in [0.2, 0.25) is 0 Å². The van der Waals surface area contributed by atoms with Gasteiger partial charge in [0.25, 0.3) is 5.91 Å². The number of carbonyl (C=O) groups excluding carboxylic acids is 4. The third kappa shape index (κ3) is 3.08. The summed E-state index contributed by atoms with van der Waals surface area (Å²) in [7, 11) is 0. The Morgan fingerprint density at radius 2 is 1.97 bits per heavy atom. The number of halogens is 3. The zero-order valence-electron chi connectivity index (χ0n) is 15.6. The molecule has 3 rings (SSSR count). The Kier molecular flexibility index (Phi) is 4.85. The van der Waals surface area contributed by atoms with Gasteiger partial charge in [0.15, 0.2) is 5.69 Å². The molecule has 0 aliphatic carbocycles. The molecule has 12 heteroatoms. The predicted octanol–water partition coefficient (Wildman–Crippen LogP) is 2.04. The van der Waals surface area contributed by atoms with Crippen LogP contribution in [0, 0.1) is 6.57 Å². The summed E-state index contributed by atoms with van der Waals surface area (Å²) >= 11 is 0. The van der Waals surface area contributed by atoms with Gasteiger partial charge in [-0.3, -0.25) is 14.4 Å². The number of benzene rings is 1. The van der Waals surface area contributed by atoms with Crippen LogP contribution in [-0.4, -0.2) is 46.6 Å². The van der Waals surface area contributed by atoms with Crippen molar-refractivity contribution in [2.24, 2.45) is 5.10 Å². The van der Waals surface area contributed by atoms with Crippen LogP contribution in [0.5, 0.6) is 0 Å². The number of hydrogen-bond donors (Lipinski definition) is 0. The molecule has 2 aliphatic rings. The fraction of sp³-hybridized carbons (Fsp3) is 0.333. The van der Waals surface area contributed by atoms with Gasteiger partial charge in [-0.1, -0.05) is 6.07 Å². The second-order valence-corrected chi connectivity index (χ2v) is 6.59. The van der Waals surface area contributed by atoms with Crippen LogP contribution in [0.25, 0.3) is 4.85 Å². The van der Waals surface area contributed by atoms with Crippen LogP contribution in [0.2, 0.25) is 0 Å². The SMILES string of the molecule is [C-]#[N+]c1ccc(N2C(=O)C(=O)N3N=C(C(=O)OCC)CC3(C)C2=O)cc1C(F)(F)F. The van der Waals surface area contributed by atoms with E-state index in [-0.39, 0.29) is 18.7 Å². The average Bonchev–Trinajstić information content (AvgIpc) is 3.05. The summed E-state index contributed by atoms with van der Waals surface area (Å²) in [5, 5.41) is 4.29. The van der Waals surface area contributed by atoms with Crippen molar-refractivity contribution in [2.75, 3.05) is 11.5 Å². The highest BCUT2D eigenvalue weighted by molar-refractivity contribution is 6.50. The first-order chi connectivity index (χ1) is 14.0. The Labute approximate surface area is 167 Å². The lowest BCUT2D eigenvalue weighted by Crippen LogP contribution is -2.66. The van der Waals surface area contributed by atoms with Crippen molar-refractivity contribution >= 4 is 40.8 Å². The van der Waals surface area contributed by atoms with Gasteiger partial charge in [-0.25, -0.2) is 19.5 Å². The molecule has 0 spiro atoms. The monoisotopic (exact) mass is 422 g/mol. The number of hydrazone groups is 1. The second-order valence-electron chi connectivity index (χ2n) is 6.59. The van der Waals surface area contributed by atoms with E-state index in [1.54, 1.807) is 0 Å². The van der Waals surface area contributed by atoms with Gasteiger partial charge >= 0.3 is 24.0 Å². The minimum atomic E-state index is -4.93. The number of ether oxygens (including phenoxy) is 1. The molecular formula is C18H13F3N4O5. The Balaban J connectivity index is 2.06. The molecule has 1 atom stereocenters. The first kappa shape index (κ1) is 21.0. The van der Waals surface area contributed by atoms with E-state index in [0.717, 1.165) is 12.1 Å². The normalized spacial score (nSPS) is 21.3. The molecule has 0 radical (unpaired) electrons. The number of amides is 3. The van der Waals surface area contributed by atoms with Crippen molar-refractivity contribution in [1.29, 1.82) is 0 Å². The molecule has 2 aliphatic heterocycles. The van der Waals surface area contributed by atoms with Crippen LogP contribution in [0.4, 0.5) is 24.5 Å². The molecular weight excluding hydrogens is 409 g/mol. The summed E-state index contributed by atoms with van der Waals surface area (Å²) in [6, 6.07) is 2.23. The number of esters is 1. The van der Waals surface area contributed by atoms with Crippen molar-refractivity contribution in [1.82, 2.24) is 5.01 Å². The fourth-order valence-electron chi connectivity index (χ4n) is 3.17. The summed E-state index contributed by atoms with van der Waals surface area (Å²) in [5.41, 5.74) is -4.68. The molecule has 0 aromatic heterocycles. The van der Waals surface area contributed by atoms with E-state index in [1.807, 2.05) is 0 Å². The van der Waals surface area contributed by atoms with E-state index in [9.17, 15) is 32.3 Å². The molecule has 1 fully saturated rings. The number of nitrogens with zero attached hydrogens (tertiary/aromatic N) is 4. The van der Waals surface area contributed by atoms with Crippen molar-refractivity contribution < 1.29 is 37.1 Å². The zero-order chi connectivity index (χ0) is 22.4. The fourth-order valence-corrected chi connectivity index (χ4v) is 3.17. The maximum absolute atomic E-state index is 13.3. The Hall–Kier alpha value is -3.75. The third-order valence-corrected chi connectivity index (χ3v) is 4.62. The summed E-state index contributed by atoms with van der Waals surface area (Å²) < 4.78 is 44.6. The molecule has 9 nitrogen and oxygen atoms in total. The predicted molar refractivity (Wildman–Crippen MR) is 94.1 cm³/mol. The molecule has 1 saturated heterocycles. The minimum Gasteiger partial charge on any atom is -0.461 e. The number of imide groups is 1. The van der Waals surface area contributed by atoms with Crippen LogP contribution in [0.3, 0.4) is 0 Å². The Morgan fingerprint density at radius 3 is 2.53 bits per heavy atom.